The van der Waals surface area contributed by atoms with Gasteiger partial charge in [-0.25, -0.2) is 0 Å². The molecule has 0 aliphatic carbocycles. The zero-order valence-corrected chi connectivity index (χ0v) is 16.8. The summed E-state index contributed by atoms with van der Waals surface area (Å²) in [6, 6.07) is 18.8. The molecular formula is C22H22N2O4S. The van der Waals surface area contributed by atoms with E-state index in [1.807, 2.05) is 54.6 Å². The third kappa shape index (κ3) is 4.11. The molecule has 0 spiro atoms. The number of para-hydroxylation sites is 2. The SMILES string of the molecule is CCc1ccc2c(c1)N(C(CCS(=O)(=O)O)c1ccccn1)c1ccccc1O2. The molecule has 0 bridgehead atoms. The lowest BCUT2D eigenvalue weighted by Gasteiger charge is -2.38. The zero-order chi connectivity index (χ0) is 20.4. The summed E-state index contributed by atoms with van der Waals surface area (Å²) in [5.41, 5.74) is 3.56. The molecule has 1 N–H and O–H groups in total. The van der Waals surface area contributed by atoms with Crippen molar-refractivity contribution in [2.45, 2.75) is 25.8 Å². The molecule has 4 rings (SSSR count). The second kappa shape index (κ2) is 7.85. The van der Waals surface area contributed by atoms with Crippen molar-refractivity contribution in [2.24, 2.45) is 0 Å². The van der Waals surface area contributed by atoms with Crippen LogP contribution in [-0.4, -0.2) is 23.7 Å². The first kappa shape index (κ1) is 19.4. The maximum Gasteiger partial charge on any atom is 0.264 e. The fourth-order valence-corrected chi connectivity index (χ4v) is 4.15. The Morgan fingerprint density at radius 2 is 1.79 bits per heavy atom. The number of anilines is 2. The van der Waals surface area contributed by atoms with Gasteiger partial charge in [0.25, 0.3) is 10.1 Å². The Bertz CT molecular complexity index is 1120. The zero-order valence-electron chi connectivity index (χ0n) is 16.0. The lowest BCUT2D eigenvalue weighted by atomic mass is 10.0. The Balaban J connectivity index is 1.89. The Morgan fingerprint density at radius 3 is 2.52 bits per heavy atom. The van der Waals surface area contributed by atoms with Crippen molar-refractivity contribution in [1.29, 1.82) is 0 Å². The van der Waals surface area contributed by atoms with Crippen LogP contribution in [0.3, 0.4) is 0 Å². The Morgan fingerprint density at radius 1 is 1.03 bits per heavy atom. The van der Waals surface area contributed by atoms with Crippen molar-refractivity contribution in [3.8, 4) is 11.5 Å². The van der Waals surface area contributed by atoms with Crippen molar-refractivity contribution >= 4 is 21.5 Å². The van der Waals surface area contributed by atoms with E-state index < -0.39 is 16.2 Å². The second-order valence-corrected chi connectivity index (χ2v) is 8.51. The quantitative estimate of drug-likeness (QED) is 0.582. The molecule has 6 nitrogen and oxygen atoms in total. The molecule has 29 heavy (non-hydrogen) atoms. The third-order valence-corrected chi connectivity index (χ3v) is 5.78. The predicted octanol–water partition coefficient (Wildman–Crippen LogP) is 4.91. The average molecular weight is 410 g/mol. The first-order valence-electron chi connectivity index (χ1n) is 9.51. The van der Waals surface area contributed by atoms with Gasteiger partial charge in [0.15, 0.2) is 11.5 Å². The number of rotatable bonds is 6. The molecule has 2 heterocycles. The highest BCUT2D eigenvalue weighted by Gasteiger charge is 2.32. The van der Waals surface area contributed by atoms with Gasteiger partial charge < -0.3 is 9.64 Å². The lowest BCUT2D eigenvalue weighted by Crippen LogP contribution is -2.29. The summed E-state index contributed by atoms with van der Waals surface area (Å²) in [6.07, 6.45) is 2.73. The van der Waals surface area contributed by atoms with E-state index in [1.165, 1.54) is 0 Å². The normalized spacial score (nSPS) is 13.9. The van der Waals surface area contributed by atoms with E-state index in [1.54, 1.807) is 6.20 Å². The third-order valence-electron chi connectivity index (χ3n) is 5.03. The van der Waals surface area contributed by atoms with Gasteiger partial charge in [0.05, 0.1) is 28.9 Å². The topological polar surface area (TPSA) is 79.7 Å². The van der Waals surface area contributed by atoms with E-state index in [-0.39, 0.29) is 12.2 Å². The van der Waals surface area contributed by atoms with Crippen molar-refractivity contribution in [2.75, 3.05) is 10.7 Å². The van der Waals surface area contributed by atoms with Gasteiger partial charge in [0.2, 0.25) is 0 Å². The lowest BCUT2D eigenvalue weighted by molar-refractivity contribution is 0.460. The molecule has 1 unspecified atom stereocenters. The number of nitrogens with zero attached hydrogens (tertiary/aromatic N) is 2. The molecule has 1 atom stereocenters. The maximum absolute atomic E-state index is 11.5. The van der Waals surface area contributed by atoms with Gasteiger partial charge in [-0.15, -0.1) is 0 Å². The minimum atomic E-state index is -4.12. The van der Waals surface area contributed by atoms with Crippen molar-refractivity contribution in [1.82, 2.24) is 4.98 Å². The maximum atomic E-state index is 11.5. The van der Waals surface area contributed by atoms with Crippen LogP contribution in [0.15, 0.2) is 66.9 Å². The number of fused-ring (bicyclic) bond motifs is 2. The largest absolute Gasteiger partial charge is 0.453 e. The highest BCUT2D eigenvalue weighted by Crippen LogP contribution is 2.51. The molecule has 1 aliphatic heterocycles. The minimum Gasteiger partial charge on any atom is -0.453 e. The highest BCUT2D eigenvalue weighted by molar-refractivity contribution is 7.85. The van der Waals surface area contributed by atoms with Gasteiger partial charge in [-0.2, -0.15) is 8.42 Å². The molecule has 3 aromatic rings. The smallest absolute Gasteiger partial charge is 0.264 e. The summed E-state index contributed by atoms with van der Waals surface area (Å²) in [7, 11) is -4.12. The predicted molar refractivity (Wildman–Crippen MR) is 112 cm³/mol. The van der Waals surface area contributed by atoms with Gasteiger partial charge in [-0.3, -0.25) is 9.54 Å². The molecule has 7 heteroatoms. The summed E-state index contributed by atoms with van der Waals surface area (Å²) in [6.45, 7) is 2.08. The summed E-state index contributed by atoms with van der Waals surface area (Å²) in [5.74, 6) is 1.03. The van der Waals surface area contributed by atoms with Crippen LogP contribution in [0.2, 0.25) is 0 Å². The highest BCUT2D eigenvalue weighted by atomic mass is 32.2. The summed E-state index contributed by atoms with van der Waals surface area (Å²) in [4.78, 5) is 6.55. The van der Waals surface area contributed by atoms with Gasteiger partial charge in [-0.05, 0) is 54.8 Å². The number of hydrogen-bond acceptors (Lipinski definition) is 5. The van der Waals surface area contributed by atoms with E-state index in [0.29, 0.717) is 11.5 Å². The molecule has 0 radical (unpaired) electrons. The molecule has 150 valence electrons. The molecule has 1 aromatic heterocycles. The van der Waals surface area contributed by atoms with Gasteiger partial charge in [0, 0.05) is 6.20 Å². The minimum absolute atomic E-state index is 0.181. The molecule has 0 amide bonds. The Kier molecular flexibility index (Phi) is 5.25. The first-order chi connectivity index (χ1) is 14.0. The van der Waals surface area contributed by atoms with E-state index in [9.17, 15) is 13.0 Å². The van der Waals surface area contributed by atoms with Crippen LogP contribution in [0.4, 0.5) is 11.4 Å². The van der Waals surface area contributed by atoms with Crippen LogP contribution < -0.4 is 9.64 Å². The number of aryl methyl sites for hydroxylation is 1. The molecule has 1 aliphatic rings. The van der Waals surface area contributed by atoms with Gasteiger partial charge in [0.1, 0.15) is 0 Å². The second-order valence-electron chi connectivity index (χ2n) is 6.94. The van der Waals surface area contributed by atoms with Crippen LogP contribution >= 0.6 is 0 Å². The van der Waals surface area contributed by atoms with Crippen LogP contribution in [0.1, 0.15) is 30.6 Å². The summed E-state index contributed by atoms with van der Waals surface area (Å²) < 4.78 is 38.6. The number of hydrogen-bond donors (Lipinski definition) is 1. The van der Waals surface area contributed by atoms with Crippen LogP contribution in [0.25, 0.3) is 0 Å². The molecular weight excluding hydrogens is 388 g/mol. The van der Waals surface area contributed by atoms with Crippen LogP contribution in [-0.2, 0) is 16.5 Å². The van der Waals surface area contributed by atoms with E-state index in [0.717, 1.165) is 29.1 Å². The number of aromatic nitrogens is 1. The Hall–Kier alpha value is -2.90. The molecule has 2 aromatic carbocycles. The first-order valence-corrected chi connectivity index (χ1v) is 11.1. The van der Waals surface area contributed by atoms with E-state index in [2.05, 4.69) is 22.9 Å². The van der Waals surface area contributed by atoms with Gasteiger partial charge in [-0.1, -0.05) is 31.2 Å². The van der Waals surface area contributed by atoms with Crippen molar-refractivity contribution in [3.63, 3.8) is 0 Å². The number of pyridine rings is 1. The van der Waals surface area contributed by atoms with Gasteiger partial charge >= 0.3 is 0 Å². The summed E-state index contributed by atoms with van der Waals surface area (Å²) in [5, 5.41) is 0. The molecule has 0 saturated carbocycles. The van der Waals surface area contributed by atoms with Crippen molar-refractivity contribution in [3.05, 3.63) is 78.1 Å². The van der Waals surface area contributed by atoms with Crippen LogP contribution in [0.5, 0.6) is 11.5 Å². The van der Waals surface area contributed by atoms with Crippen LogP contribution in [0, 0.1) is 0 Å². The fraction of sp³-hybridized carbons (Fsp3) is 0.227. The molecule has 0 fully saturated rings. The summed E-state index contributed by atoms with van der Waals surface area (Å²) >= 11 is 0. The van der Waals surface area contributed by atoms with E-state index >= 15 is 0 Å². The average Bonchev–Trinajstić information content (AvgIpc) is 2.73. The number of ether oxygens (including phenoxy) is 1. The Labute approximate surface area is 170 Å². The van der Waals surface area contributed by atoms with E-state index in [4.69, 9.17) is 4.74 Å². The molecule has 0 saturated heterocycles. The number of benzene rings is 2. The standard InChI is InChI=1S/C22H22N2O4S/c1-2-16-10-11-22-20(15-16)24(19-8-3-4-9-21(19)28-22)18(12-14-29(25,26)27)17-7-5-6-13-23-17/h3-11,13,15,18H,2,12,14H2,1H3,(H,25,26,27). The van der Waals surface area contributed by atoms with Crippen molar-refractivity contribution < 1.29 is 17.7 Å². The fourth-order valence-electron chi connectivity index (χ4n) is 3.63. The monoisotopic (exact) mass is 410 g/mol.